The molecule has 1 heterocycles. The van der Waals surface area contributed by atoms with Gasteiger partial charge in [0.2, 0.25) is 11.0 Å². The van der Waals surface area contributed by atoms with Crippen molar-refractivity contribution in [1.29, 1.82) is 0 Å². The minimum Gasteiger partial charge on any atom is -0.360 e. The molecule has 18 heavy (non-hydrogen) atoms. The van der Waals surface area contributed by atoms with Crippen LogP contribution in [0.3, 0.4) is 0 Å². The summed E-state index contributed by atoms with van der Waals surface area (Å²) in [5.74, 6) is 0.875. The molecule has 7 heteroatoms. The fourth-order valence-electron chi connectivity index (χ4n) is 1.08. The van der Waals surface area contributed by atoms with Crippen LogP contribution in [0.5, 0.6) is 0 Å². The molecule has 0 saturated carbocycles. The zero-order valence-electron chi connectivity index (χ0n) is 11.2. The van der Waals surface area contributed by atoms with Gasteiger partial charge < -0.3 is 10.6 Å². The van der Waals surface area contributed by atoms with Gasteiger partial charge in [-0.2, -0.15) is 0 Å². The molecule has 5 nitrogen and oxygen atoms in total. The smallest absolute Gasteiger partial charge is 0.230 e. The van der Waals surface area contributed by atoms with Gasteiger partial charge in [-0.05, 0) is 19.8 Å². The Morgan fingerprint density at radius 3 is 2.72 bits per heavy atom. The number of rotatable bonds is 7. The van der Waals surface area contributed by atoms with Crippen LogP contribution < -0.4 is 10.6 Å². The second-order valence-corrected chi connectivity index (χ2v) is 6.49. The first-order valence-corrected chi connectivity index (χ1v) is 7.82. The van der Waals surface area contributed by atoms with Crippen LogP contribution in [0.4, 0.5) is 5.13 Å². The number of carbonyl (C=O) groups is 1. The number of carbonyl (C=O) groups excluding carboxylic acids is 1. The number of thioether (sulfide) groups is 1. The van der Waals surface area contributed by atoms with Gasteiger partial charge >= 0.3 is 0 Å². The summed E-state index contributed by atoms with van der Waals surface area (Å²) >= 11 is 2.90. The highest BCUT2D eigenvalue weighted by atomic mass is 32.2. The summed E-state index contributed by atoms with van der Waals surface area (Å²) in [7, 11) is 0. The van der Waals surface area contributed by atoms with Crippen molar-refractivity contribution in [2.24, 2.45) is 5.92 Å². The largest absolute Gasteiger partial charge is 0.360 e. The predicted octanol–water partition coefficient (Wildman–Crippen LogP) is 2.22. The highest BCUT2D eigenvalue weighted by Crippen LogP contribution is 2.25. The molecule has 0 aliphatic heterocycles. The highest BCUT2D eigenvalue weighted by Gasteiger charge is 2.12. The molecule has 0 spiro atoms. The Kier molecular flexibility index (Phi) is 6.42. The van der Waals surface area contributed by atoms with E-state index in [0.29, 0.717) is 11.7 Å². The number of anilines is 1. The molecule has 0 radical (unpaired) electrons. The quantitative estimate of drug-likeness (QED) is 0.753. The van der Waals surface area contributed by atoms with Crippen molar-refractivity contribution in [3.8, 4) is 0 Å². The predicted molar refractivity (Wildman–Crippen MR) is 77.2 cm³/mol. The Bertz CT molecular complexity index is 381. The summed E-state index contributed by atoms with van der Waals surface area (Å²) in [6.07, 6.45) is 0. The number of hydrogen-bond donors (Lipinski definition) is 2. The Morgan fingerprint density at radius 2 is 2.11 bits per heavy atom. The van der Waals surface area contributed by atoms with Gasteiger partial charge in [0.05, 0.1) is 5.75 Å². The second-order valence-electron chi connectivity index (χ2n) is 4.29. The Labute approximate surface area is 116 Å². The van der Waals surface area contributed by atoms with Crippen molar-refractivity contribution in [2.45, 2.75) is 38.1 Å². The average molecular weight is 288 g/mol. The Balaban J connectivity index is 2.33. The summed E-state index contributed by atoms with van der Waals surface area (Å²) in [6, 6.07) is 0.199. The molecule has 0 bridgehead atoms. The third-order valence-corrected chi connectivity index (χ3v) is 4.46. The molecule has 0 aliphatic carbocycles. The zero-order valence-corrected chi connectivity index (χ0v) is 12.8. The Hall–Kier alpha value is -0.820. The van der Waals surface area contributed by atoms with E-state index >= 15 is 0 Å². The number of nitrogens with zero attached hydrogens (tertiary/aromatic N) is 2. The van der Waals surface area contributed by atoms with E-state index in [1.165, 1.54) is 23.1 Å². The molecular weight excluding hydrogens is 268 g/mol. The van der Waals surface area contributed by atoms with E-state index in [9.17, 15) is 4.79 Å². The third kappa shape index (κ3) is 5.22. The minimum atomic E-state index is 0.0430. The van der Waals surface area contributed by atoms with Crippen LogP contribution in [-0.2, 0) is 4.79 Å². The maximum atomic E-state index is 11.7. The van der Waals surface area contributed by atoms with E-state index in [4.69, 9.17) is 0 Å². The highest BCUT2D eigenvalue weighted by molar-refractivity contribution is 8.01. The van der Waals surface area contributed by atoms with Crippen LogP contribution in [0, 0.1) is 5.92 Å². The molecule has 0 fully saturated rings. The van der Waals surface area contributed by atoms with Crippen LogP contribution in [0.25, 0.3) is 0 Å². The molecule has 1 aromatic heterocycles. The first-order chi connectivity index (χ1) is 8.52. The van der Waals surface area contributed by atoms with Gasteiger partial charge in [0, 0.05) is 12.6 Å². The molecule has 1 amide bonds. The van der Waals surface area contributed by atoms with E-state index in [1.54, 1.807) is 0 Å². The summed E-state index contributed by atoms with van der Waals surface area (Å²) < 4.78 is 0.818. The summed E-state index contributed by atoms with van der Waals surface area (Å²) in [4.78, 5) is 11.7. The van der Waals surface area contributed by atoms with E-state index in [-0.39, 0.29) is 11.9 Å². The lowest BCUT2D eigenvalue weighted by molar-refractivity contribution is -0.119. The number of amides is 1. The average Bonchev–Trinajstić information content (AvgIpc) is 2.74. The molecule has 1 rings (SSSR count). The number of hydrogen-bond acceptors (Lipinski definition) is 6. The number of nitrogens with one attached hydrogen (secondary N) is 2. The normalized spacial score (nSPS) is 12.5. The first-order valence-electron chi connectivity index (χ1n) is 6.02. The van der Waals surface area contributed by atoms with Crippen LogP contribution in [0.15, 0.2) is 4.34 Å². The molecule has 0 aromatic carbocycles. The van der Waals surface area contributed by atoms with Crippen LogP contribution in [-0.4, -0.2) is 34.4 Å². The molecule has 1 atom stereocenters. The van der Waals surface area contributed by atoms with E-state index in [2.05, 4.69) is 34.7 Å². The van der Waals surface area contributed by atoms with Crippen LogP contribution in [0.2, 0.25) is 0 Å². The van der Waals surface area contributed by atoms with Gasteiger partial charge in [-0.25, -0.2) is 0 Å². The van der Waals surface area contributed by atoms with Crippen LogP contribution in [0.1, 0.15) is 27.7 Å². The van der Waals surface area contributed by atoms with Gasteiger partial charge in [0.15, 0.2) is 4.34 Å². The summed E-state index contributed by atoms with van der Waals surface area (Å²) in [5, 5.41) is 14.8. The van der Waals surface area contributed by atoms with Crippen molar-refractivity contribution < 1.29 is 4.79 Å². The molecule has 0 aliphatic rings. The molecule has 0 unspecified atom stereocenters. The van der Waals surface area contributed by atoms with Gasteiger partial charge in [0.1, 0.15) is 0 Å². The van der Waals surface area contributed by atoms with Crippen molar-refractivity contribution in [1.82, 2.24) is 15.5 Å². The molecule has 2 N–H and O–H groups in total. The molecule has 0 saturated heterocycles. The fraction of sp³-hybridized carbons (Fsp3) is 0.727. The minimum absolute atomic E-state index is 0.0430. The van der Waals surface area contributed by atoms with Crippen molar-refractivity contribution >= 4 is 34.1 Å². The van der Waals surface area contributed by atoms with Crippen molar-refractivity contribution in [3.63, 3.8) is 0 Å². The lowest BCUT2D eigenvalue weighted by Crippen LogP contribution is -2.37. The first kappa shape index (κ1) is 15.2. The SMILES string of the molecule is CCNc1nnc(SCC(=O)N[C@H](C)C(C)C)s1. The third-order valence-electron chi connectivity index (χ3n) is 2.45. The maximum absolute atomic E-state index is 11.7. The van der Waals surface area contributed by atoms with Gasteiger partial charge in [-0.15, -0.1) is 10.2 Å². The molecule has 1 aromatic rings. The summed E-state index contributed by atoms with van der Waals surface area (Å²) in [5.41, 5.74) is 0. The second kappa shape index (κ2) is 7.58. The van der Waals surface area contributed by atoms with Crippen molar-refractivity contribution in [2.75, 3.05) is 17.6 Å². The number of aromatic nitrogens is 2. The summed E-state index contributed by atoms with van der Waals surface area (Å²) in [6.45, 7) is 9.03. The van der Waals surface area contributed by atoms with Crippen LogP contribution >= 0.6 is 23.1 Å². The van der Waals surface area contributed by atoms with E-state index < -0.39 is 0 Å². The lowest BCUT2D eigenvalue weighted by Gasteiger charge is -2.16. The molecular formula is C11H20N4OS2. The zero-order chi connectivity index (χ0) is 13.5. The topological polar surface area (TPSA) is 66.9 Å². The van der Waals surface area contributed by atoms with Gasteiger partial charge in [-0.1, -0.05) is 36.9 Å². The standard InChI is InChI=1S/C11H20N4OS2/c1-5-12-10-14-15-11(18-10)17-6-9(16)13-8(4)7(2)3/h7-8H,5-6H2,1-4H3,(H,12,14)(H,13,16)/t8-/m1/s1. The van der Waals surface area contributed by atoms with Gasteiger partial charge in [0.25, 0.3) is 0 Å². The van der Waals surface area contributed by atoms with Crippen molar-refractivity contribution in [3.05, 3.63) is 0 Å². The fourth-order valence-corrected chi connectivity index (χ4v) is 2.71. The van der Waals surface area contributed by atoms with E-state index in [1.807, 2.05) is 13.8 Å². The monoisotopic (exact) mass is 288 g/mol. The maximum Gasteiger partial charge on any atom is 0.230 e. The lowest BCUT2D eigenvalue weighted by atomic mass is 10.1. The van der Waals surface area contributed by atoms with E-state index in [0.717, 1.165) is 16.0 Å². The Morgan fingerprint density at radius 1 is 1.39 bits per heavy atom. The molecule has 102 valence electrons. The van der Waals surface area contributed by atoms with Gasteiger partial charge in [-0.3, -0.25) is 4.79 Å².